The molecule has 0 bridgehead atoms. The van der Waals surface area contributed by atoms with E-state index in [1.54, 1.807) is 4.90 Å². The van der Waals surface area contributed by atoms with Gasteiger partial charge in [0.25, 0.3) is 0 Å². The van der Waals surface area contributed by atoms with Crippen LogP contribution >= 0.6 is 0 Å². The van der Waals surface area contributed by atoms with Crippen LogP contribution in [0.2, 0.25) is 0 Å². The third kappa shape index (κ3) is 3.28. The Hall–Kier alpha value is -1.96. The highest BCUT2D eigenvalue weighted by atomic mass is 16.2. The van der Waals surface area contributed by atoms with Crippen LogP contribution in [-0.2, 0) is 16.1 Å². The molecular weight excluding hydrogens is 248 g/mol. The lowest BCUT2D eigenvalue weighted by Crippen LogP contribution is -2.60. The van der Waals surface area contributed by atoms with Crippen molar-refractivity contribution in [2.45, 2.75) is 19.5 Å². The zero-order valence-electron chi connectivity index (χ0n) is 10.9. The van der Waals surface area contributed by atoms with Crippen LogP contribution < -0.4 is 10.6 Å². The molecule has 1 unspecified atom stereocenters. The summed E-state index contributed by atoms with van der Waals surface area (Å²) in [7, 11) is 0. The Kier molecular flexibility index (Phi) is 4.45. The van der Waals surface area contributed by atoms with E-state index in [9.17, 15) is 9.59 Å². The Morgan fingerprint density at radius 2 is 2.37 bits per heavy atom. The first-order valence-electron chi connectivity index (χ1n) is 6.32. The maximum atomic E-state index is 12.2. The number of nitrogens with one attached hydrogen (secondary N) is 2. The van der Waals surface area contributed by atoms with Crippen molar-refractivity contribution in [3.05, 3.63) is 12.7 Å². The maximum Gasteiger partial charge on any atom is 0.245 e. The lowest BCUT2D eigenvalue weighted by Gasteiger charge is -2.35. The Bertz CT molecular complexity index is 432. The van der Waals surface area contributed by atoms with Crippen LogP contribution in [0.5, 0.6) is 0 Å². The molecule has 8 nitrogen and oxygen atoms in total. The molecule has 1 atom stereocenters. The van der Waals surface area contributed by atoms with Crippen molar-refractivity contribution in [3.8, 4) is 0 Å². The molecule has 1 aliphatic heterocycles. The summed E-state index contributed by atoms with van der Waals surface area (Å²) in [6, 6.07) is -0.454. The first kappa shape index (κ1) is 13.5. The van der Waals surface area contributed by atoms with Gasteiger partial charge in [0.2, 0.25) is 11.8 Å². The number of amides is 2. The van der Waals surface area contributed by atoms with Crippen LogP contribution in [0.3, 0.4) is 0 Å². The minimum absolute atomic E-state index is 0.107. The summed E-state index contributed by atoms with van der Waals surface area (Å²) in [5.41, 5.74) is 0. The number of hydrogen-bond donors (Lipinski definition) is 2. The van der Waals surface area contributed by atoms with Gasteiger partial charge in [-0.05, 0) is 6.92 Å². The molecule has 0 spiro atoms. The lowest BCUT2D eigenvalue weighted by molar-refractivity contribution is -0.142. The first-order valence-corrected chi connectivity index (χ1v) is 6.32. The van der Waals surface area contributed by atoms with E-state index >= 15 is 0 Å². The Balaban J connectivity index is 2.02. The number of nitrogens with zero attached hydrogens (tertiary/aromatic N) is 4. The summed E-state index contributed by atoms with van der Waals surface area (Å²) in [5, 5.41) is 9.78. The summed E-state index contributed by atoms with van der Waals surface area (Å²) < 4.78 is 1.46. The van der Waals surface area contributed by atoms with Gasteiger partial charge in [-0.3, -0.25) is 9.59 Å². The van der Waals surface area contributed by atoms with Gasteiger partial charge < -0.3 is 15.5 Å². The van der Waals surface area contributed by atoms with Crippen molar-refractivity contribution in [2.75, 3.05) is 26.2 Å². The number of rotatable bonds is 4. The number of piperazine rings is 1. The predicted octanol–water partition coefficient (Wildman–Crippen LogP) is -1.79. The molecule has 0 radical (unpaired) electrons. The molecule has 8 heteroatoms. The van der Waals surface area contributed by atoms with E-state index in [2.05, 4.69) is 20.7 Å². The molecule has 104 valence electrons. The molecule has 1 aromatic heterocycles. The standard InChI is InChI=1S/C11H18N6O2/c1-2-14-11(19)9-5-12-3-4-17(9)10(18)6-16-8-13-7-15-16/h7-9,12H,2-6H2,1H3,(H,14,19). The second kappa shape index (κ2) is 6.28. The average molecular weight is 266 g/mol. The van der Waals surface area contributed by atoms with Gasteiger partial charge in [0.05, 0.1) is 0 Å². The van der Waals surface area contributed by atoms with Crippen molar-refractivity contribution in [2.24, 2.45) is 0 Å². The molecule has 0 saturated carbocycles. The SMILES string of the molecule is CCNC(=O)C1CNCCN1C(=O)Cn1cncn1. The van der Waals surface area contributed by atoms with Crippen LogP contribution in [0.15, 0.2) is 12.7 Å². The number of hydrogen-bond acceptors (Lipinski definition) is 5. The third-order valence-corrected chi connectivity index (χ3v) is 2.98. The second-order valence-electron chi connectivity index (χ2n) is 4.29. The van der Waals surface area contributed by atoms with E-state index < -0.39 is 6.04 Å². The van der Waals surface area contributed by atoms with E-state index in [1.807, 2.05) is 6.92 Å². The average Bonchev–Trinajstić information content (AvgIpc) is 2.92. The fraction of sp³-hybridized carbons (Fsp3) is 0.636. The van der Waals surface area contributed by atoms with Crippen molar-refractivity contribution >= 4 is 11.8 Å². The Morgan fingerprint density at radius 1 is 1.53 bits per heavy atom. The molecule has 1 saturated heterocycles. The Labute approximate surface area is 111 Å². The highest BCUT2D eigenvalue weighted by molar-refractivity contribution is 5.88. The number of aromatic nitrogens is 3. The summed E-state index contributed by atoms with van der Waals surface area (Å²) >= 11 is 0. The number of carbonyl (C=O) groups excluding carboxylic acids is 2. The fourth-order valence-corrected chi connectivity index (χ4v) is 2.07. The largest absolute Gasteiger partial charge is 0.355 e. The summed E-state index contributed by atoms with van der Waals surface area (Å²) in [5.74, 6) is -0.245. The fourth-order valence-electron chi connectivity index (χ4n) is 2.07. The molecule has 0 aliphatic carbocycles. The van der Waals surface area contributed by atoms with Crippen LogP contribution in [0.4, 0.5) is 0 Å². The molecule has 2 heterocycles. The highest BCUT2D eigenvalue weighted by Crippen LogP contribution is 2.05. The highest BCUT2D eigenvalue weighted by Gasteiger charge is 2.31. The zero-order chi connectivity index (χ0) is 13.7. The van der Waals surface area contributed by atoms with Crippen molar-refractivity contribution in [1.82, 2.24) is 30.3 Å². The molecule has 1 aromatic rings. The minimum Gasteiger partial charge on any atom is -0.355 e. The second-order valence-corrected chi connectivity index (χ2v) is 4.29. The zero-order valence-corrected chi connectivity index (χ0v) is 10.9. The van der Waals surface area contributed by atoms with E-state index in [1.165, 1.54) is 17.3 Å². The van der Waals surface area contributed by atoms with Gasteiger partial charge >= 0.3 is 0 Å². The van der Waals surface area contributed by atoms with E-state index in [0.29, 0.717) is 26.2 Å². The minimum atomic E-state index is -0.454. The van der Waals surface area contributed by atoms with E-state index in [-0.39, 0.29) is 18.4 Å². The Morgan fingerprint density at radius 3 is 3.05 bits per heavy atom. The third-order valence-electron chi connectivity index (χ3n) is 2.98. The molecule has 2 amide bonds. The van der Waals surface area contributed by atoms with Gasteiger partial charge in [-0.15, -0.1) is 0 Å². The van der Waals surface area contributed by atoms with Crippen molar-refractivity contribution in [3.63, 3.8) is 0 Å². The van der Waals surface area contributed by atoms with Crippen LogP contribution in [0, 0.1) is 0 Å². The van der Waals surface area contributed by atoms with Crippen LogP contribution in [-0.4, -0.2) is 63.7 Å². The summed E-state index contributed by atoms with van der Waals surface area (Å²) in [6.07, 6.45) is 2.87. The molecular formula is C11H18N6O2. The molecule has 1 fully saturated rings. The number of carbonyl (C=O) groups is 2. The van der Waals surface area contributed by atoms with Crippen LogP contribution in [0.25, 0.3) is 0 Å². The van der Waals surface area contributed by atoms with Gasteiger partial charge in [-0.1, -0.05) is 0 Å². The predicted molar refractivity (Wildman–Crippen MR) is 67.1 cm³/mol. The lowest BCUT2D eigenvalue weighted by atomic mass is 10.1. The van der Waals surface area contributed by atoms with E-state index in [4.69, 9.17) is 0 Å². The van der Waals surface area contributed by atoms with Gasteiger partial charge in [-0.2, -0.15) is 5.10 Å². The normalized spacial score (nSPS) is 19.2. The topological polar surface area (TPSA) is 92.2 Å². The molecule has 2 N–H and O–H groups in total. The van der Waals surface area contributed by atoms with Crippen molar-refractivity contribution in [1.29, 1.82) is 0 Å². The molecule has 19 heavy (non-hydrogen) atoms. The van der Waals surface area contributed by atoms with E-state index in [0.717, 1.165) is 0 Å². The van der Waals surface area contributed by atoms with Gasteiger partial charge in [0.1, 0.15) is 25.2 Å². The molecule has 2 rings (SSSR count). The first-order chi connectivity index (χ1) is 9.22. The summed E-state index contributed by atoms with van der Waals surface area (Å²) in [4.78, 5) is 29.5. The monoisotopic (exact) mass is 266 g/mol. The maximum absolute atomic E-state index is 12.2. The summed E-state index contributed by atoms with van der Waals surface area (Å²) in [6.45, 7) is 4.22. The van der Waals surface area contributed by atoms with Gasteiger partial charge in [0, 0.05) is 26.2 Å². The molecule has 1 aliphatic rings. The van der Waals surface area contributed by atoms with Crippen molar-refractivity contribution < 1.29 is 9.59 Å². The molecule has 0 aromatic carbocycles. The van der Waals surface area contributed by atoms with Crippen LogP contribution in [0.1, 0.15) is 6.92 Å². The number of likely N-dealkylation sites (N-methyl/N-ethyl adjacent to an activating group) is 1. The van der Waals surface area contributed by atoms with Gasteiger partial charge in [0.15, 0.2) is 0 Å². The smallest absolute Gasteiger partial charge is 0.245 e. The quantitative estimate of drug-likeness (QED) is 0.672. The van der Waals surface area contributed by atoms with Gasteiger partial charge in [-0.25, -0.2) is 9.67 Å².